The van der Waals surface area contributed by atoms with Crippen LogP contribution >= 0.6 is 0 Å². The Hall–Kier alpha value is -3.27. The second kappa shape index (κ2) is 9.41. The Morgan fingerprint density at radius 3 is 2.34 bits per heavy atom. The minimum atomic E-state index is -4.93. The molecule has 0 fully saturated rings. The number of aliphatic hydroxyl groups excluding tert-OH is 1. The van der Waals surface area contributed by atoms with Gasteiger partial charge in [0.05, 0.1) is 12.6 Å². The third-order valence-corrected chi connectivity index (χ3v) is 5.86. The molecular weight excluding hydrogens is 479 g/mol. The molecule has 3 nitrogen and oxygen atoms in total. The van der Waals surface area contributed by atoms with E-state index < -0.39 is 42.8 Å². The van der Waals surface area contributed by atoms with Gasteiger partial charge < -0.3 is 14.7 Å². The lowest BCUT2D eigenvalue weighted by atomic mass is 9.86. The third-order valence-electron chi connectivity index (χ3n) is 5.86. The largest absolute Gasteiger partial charge is 0.573 e. The number of fused-ring (bicyclic) bond motifs is 1. The molecular formula is C25H20F7NO2. The molecule has 0 saturated heterocycles. The van der Waals surface area contributed by atoms with E-state index in [0.717, 1.165) is 12.1 Å². The molecule has 0 bridgehead atoms. The first kappa shape index (κ1) is 24.8. The van der Waals surface area contributed by atoms with Crippen molar-refractivity contribution in [2.75, 3.05) is 11.4 Å². The summed E-state index contributed by atoms with van der Waals surface area (Å²) in [5, 5.41) is 9.87. The Bertz CT molecular complexity index is 1190. The second-order valence-electron chi connectivity index (χ2n) is 8.20. The Balaban J connectivity index is 1.78. The fourth-order valence-corrected chi connectivity index (χ4v) is 4.42. The zero-order chi connectivity index (χ0) is 25.4. The summed E-state index contributed by atoms with van der Waals surface area (Å²) < 4.78 is 95.8. The van der Waals surface area contributed by atoms with Crippen LogP contribution < -0.4 is 9.64 Å². The van der Waals surface area contributed by atoms with Gasteiger partial charge in [0, 0.05) is 5.69 Å². The number of benzene rings is 3. The SMILES string of the molecule is OC(CN1c2cccc(-c3cccc(F)c3)c2CCC1c1cccc(OC(F)(F)F)c1)C(F)(F)F. The van der Waals surface area contributed by atoms with E-state index in [1.54, 1.807) is 24.3 Å². The lowest BCUT2D eigenvalue weighted by Gasteiger charge is -2.41. The van der Waals surface area contributed by atoms with Crippen molar-refractivity contribution in [3.05, 3.63) is 83.7 Å². The van der Waals surface area contributed by atoms with E-state index in [0.29, 0.717) is 34.4 Å². The molecule has 0 aliphatic carbocycles. The molecule has 0 saturated carbocycles. The van der Waals surface area contributed by atoms with Crippen LogP contribution in [0.25, 0.3) is 11.1 Å². The molecule has 4 rings (SSSR count). The fraction of sp³-hybridized carbons (Fsp3) is 0.280. The smallest absolute Gasteiger partial charge is 0.406 e. The normalized spacial score (nSPS) is 17.1. The summed E-state index contributed by atoms with van der Waals surface area (Å²) >= 11 is 0. The van der Waals surface area contributed by atoms with Gasteiger partial charge in [-0.2, -0.15) is 13.2 Å². The molecule has 0 amide bonds. The summed E-state index contributed by atoms with van der Waals surface area (Å²) in [6.07, 6.45) is -11.9. The Morgan fingerprint density at radius 2 is 1.66 bits per heavy atom. The highest BCUT2D eigenvalue weighted by atomic mass is 19.4. The molecule has 1 heterocycles. The van der Waals surface area contributed by atoms with Crippen LogP contribution in [0.15, 0.2) is 66.7 Å². The number of aliphatic hydroxyl groups is 1. The molecule has 0 spiro atoms. The summed E-state index contributed by atoms with van der Waals surface area (Å²) in [5.74, 6) is -0.967. The van der Waals surface area contributed by atoms with E-state index in [-0.39, 0.29) is 6.42 Å². The van der Waals surface area contributed by atoms with Crippen LogP contribution in [0.5, 0.6) is 5.75 Å². The van der Waals surface area contributed by atoms with Gasteiger partial charge in [-0.05, 0) is 65.4 Å². The van der Waals surface area contributed by atoms with Crippen LogP contribution in [-0.4, -0.2) is 30.3 Å². The van der Waals surface area contributed by atoms with E-state index in [2.05, 4.69) is 4.74 Å². The lowest BCUT2D eigenvalue weighted by Crippen LogP contribution is -2.44. The first-order valence-corrected chi connectivity index (χ1v) is 10.7. The topological polar surface area (TPSA) is 32.7 Å². The highest BCUT2D eigenvalue weighted by molar-refractivity contribution is 5.76. The highest BCUT2D eigenvalue weighted by Gasteiger charge is 2.42. The number of nitrogens with zero attached hydrogens (tertiary/aromatic N) is 1. The van der Waals surface area contributed by atoms with Crippen molar-refractivity contribution in [2.24, 2.45) is 0 Å². The zero-order valence-corrected chi connectivity index (χ0v) is 18.1. The quantitative estimate of drug-likeness (QED) is 0.392. The fourth-order valence-electron chi connectivity index (χ4n) is 4.42. The van der Waals surface area contributed by atoms with Gasteiger partial charge in [0.2, 0.25) is 0 Å². The maximum atomic E-state index is 13.8. The molecule has 0 aromatic heterocycles. The van der Waals surface area contributed by atoms with Gasteiger partial charge in [-0.3, -0.25) is 0 Å². The molecule has 186 valence electrons. The number of hydrogen-bond donors (Lipinski definition) is 1. The van der Waals surface area contributed by atoms with E-state index in [9.17, 15) is 35.8 Å². The van der Waals surface area contributed by atoms with Gasteiger partial charge >= 0.3 is 12.5 Å². The van der Waals surface area contributed by atoms with Crippen molar-refractivity contribution >= 4 is 5.69 Å². The molecule has 1 aliphatic heterocycles. The number of β-amino-alcohol motifs (C(OH)–C–C–N with tert-alkyl or cyclic N) is 1. The molecule has 10 heteroatoms. The first-order chi connectivity index (χ1) is 16.4. The van der Waals surface area contributed by atoms with Crippen LogP contribution in [0.2, 0.25) is 0 Å². The highest BCUT2D eigenvalue weighted by Crippen LogP contribution is 2.44. The van der Waals surface area contributed by atoms with Crippen LogP contribution in [0.4, 0.5) is 36.4 Å². The Kier molecular flexibility index (Phi) is 6.68. The average molecular weight is 499 g/mol. The number of ether oxygens (including phenoxy) is 1. The van der Waals surface area contributed by atoms with Gasteiger partial charge in [0.1, 0.15) is 11.6 Å². The first-order valence-electron chi connectivity index (χ1n) is 10.7. The van der Waals surface area contributed by atoms with Crippen LogP contribution in [-0.2, 0) is 6.42 Å². The third kappa shape index (κ3) is 5.70. The summed E-state index contributed by atoms with van der Waals surface area (Å²) in [6.45, 7) is -0.835. The van der Waals surface area contributed by atoms with E-state index in [1.807, 2.05) is 0 Å². The molecule has 2 unspecified atom stereocenters. The number of halogens is 7. The summed E-state index contributed by atoms with van der Waals surface area (Å²) in [7, 11) is 0. The van der Waals surface area contributed by atoms with Crippen LogP contribution in [0, 0.1) is 5.82 Å². The molecule has 35 heavy (non-hydrogen) atoms. The van der Waals surface area contributed by atoms with E-state index in [1.165, 1.54) is 35.2 Å². The number of rotatable bonds is 5. The standard InChI is InChI=1S/C25H20F7NO2/c26-17-6-1-4-15(12-17)19-8-3-9-22-20(19)10-11-21(33(22)14-23(34)24(27,28)29)16-5-2-7-18(13-16)35-25(30,31)32/h1-9,12-13,21,23,34H,10-11,14H2. The second-order valence-corrected chi connectivity index (χ2v) is 8.20. The van der Waals surface area contributed by atoms with Crippen molar-refractivity contribution < 1.29 is 40.6 Å². The maximum Gasteiger partial charge on any atom is 0.573 e. The van der Waals surface area contributed by atoms with Gasteiger partial charge in [-0.25, -0.2) is 4.39 Å². The monoisotopic (exact) mass is 499 g/mol. The van der Waals surface area contributed by atoms with Crippen molar-refractivity contribution in [1.29, 1.82) is 0 Å². The molecule has 3 aromatic carbocycles. The van der Waals surface area contributed by atoms with Gasteiger partial charge in [-0.15, -0.1) is 13.2 Å². The van der Waals surface area contributed by atoms with Crippen LogP contribution in [0.1, 0.15) is 23.6 Å². The molecule has 3 aromatic rings. The van der Waals surface area contributed by atoms with Crippen LogP contribution in [0.3, 0.4) is 0 Å². The van der Waals surface area contributed by atoms with Gasteiger partial charge in [0.15, 0.2) is 6.10 Å². The number of anilines is 1. The predicted molar refractivity (Wildman–Crippen MR) is 115 cm³/mol. The Labute approximate surface area is 196 Å². The minimum Gasteiger partial charge on any atom is -0.406 e. The molecule has 2 atom stereocenters. The lowest BCUT2D eigenvalue weighted by molar-refractivity contribution is -0.274. The van der Waals surface area contributed by atoms with Crippen molar-refractivity contribution in [3.63, 3.8) is 0 Å². The van der Waals surface area contributed by atoms with Crippen molar-refractivity contribution in [3.8, 4) is 16.9 Å². The molecule has 1 N–H and O–H groups in total. The van der Waals surface area contributed by atoms with E-state index in [4.69, 9.17) is 0 Å². The van der Waals surface area contributed by atoms with Gasteiger partial charge in [0.25, 0.3) is 0 Å². The predicted octanol–water partition coefficient (Wildman–Crippen LogP) is 6.81. The molecule has 0 radical (unpaired) electrons. The summed E-state index contributed by atoms with van der Waals surface area (Å²) in [5.41, 5.74) is 2.51. The van der Waals surface area contributed by atoms with Gasteiger partial charge in [-0.1, -0.05) is 36.4 Å². The maximum absolute atomic E-state index is 13.8. The van der Waals surface area contributed by atoms with Crippen molar-refractivity contribution in [2.45, 2.75) is 37.5 Å². The summed E-state index contributed by atoms with van der Waals surface area (Å²) in [6, 6.07) is 15.0. The number of hydrogen-bond acceptors (Lipinski definition) is 3. The minimum absolute atomic E-state index is 0.249. The molecule has 1 aliphatic rings. The number of alkyl halides is 6. The zero-order valence-electron chi connectivity index (χ0n) is 18.1. The Morgan fingerprint density at radius 1 is 0.943 bits per heavy atom. The van der Waals surface area contributed by atoms with Crippen molar-refractivity contribution in [1.82, 2.24) is 0 Å². The average Bonchev–Trinajstić information content (AvgIpc) is 2.77. The summed E-state index contributed by atoms with van der Waals surface area (Å²) in [4.78, 5) is 1.34. The van der Waals surface area contributed by atoms with E-state index >= 15 is 0 Å².